The molecule has 1 unspecified atom stereocenters. The Balaban J connectivity index is 2.77. The summed E-state index contributed by atoms with van der Waals surface area (Å²) in [6.45, 7) is 8.68. The topological polar surface area (TPSA) is 52.6 Å². The lowest BCUT2D eigenvalue weighted by atomic mass is 9.95. The minimum Gasteiger partial charge on any atom is -0.457 e. The third-order valence-corrected chi connectivity index (χ3v) is 2.36. The number of hydrogen-bond acceptors (Lipinski definition) is 4. The second-order valence-corrected chi connectivity index (χ2v) is 5.13. The molecule has 0 aromatic rings. The van der Waals surface area contributed by atoms with Gasteiger partial charge < -0.3 is 9.47 Å². The summed E-state index contributed by atoms with van der Waals surface area (Å²) in [6, 6.07) is 0. The van der Waals surface area contributed by atoms with E-state index in [2.05, 4.69) is 0 Å². The summed E-state index contributed by atoms with van der Waals surface area (Å²) in [5, 5.41) is 0. The van der Waals surface area contributed by atoms with E-state index < -0.39 is 17.2 Å². The summed E-state index contributed by atoms with van der Waals surface area (Å²) in [5.41, 5.74) is -1.67. The maximum Gasteiger partial charge on any atom is 0.351 e. The van der Waals surface area contributed by atoms with Crippen molar-refractivity contribution in [2.24, 2.45) is 5.92 Å². The lowest BCUT2D eigenvalue weighted by molar-refractivity contribution is -0.174. The molecule has 1 heterocycles. The number of rotatable bonds is 2. The molecule has 4 heteroatoms. The third-order valence-electron chi connectivity index (χ3n) is 2.36. The second-order valence-electron chi connectivity index (χ2n) is 5.13. The number of ether oxygens (including phenoxy) is 2. The number of carbonyl (C=O) groups excluding carboxylic acids is 2. The van der Waals surface area contributed by atoms with Crippen molar-refractivity contribution < 1.29 is 19.1 Å². The predicted molar refractivity (Wildman–Crippen MR) is 54.1 cm³/mol. The van der Waals surface area contributed by atoms with Gasteiger partial charge in [0.2, 0.25) is 5.60 Å². The average Bonchev–Trinajstić information content (AvgIpc) is 2.19. The van der Waals surface area contributed by atoms with E-state index in [4.69, 9.17) is 9.47 Å². The molecule has 0 N–H and O–H groups in total. The van der Waals surface area contributed by atoms with Crippen molar-refractivity contribution in [2.45, 2.75) is 52.2 Å². The monoisotopic (exact) mass is 214 g/mol. The molecule has 4 nitrogen and oxygen atoms in total. The SMILES string of the molecule is CC(C)C(=O)OC1(C)CC(C)(C)OC1=O. The zero-order chi connectivity index (χ0) is 11.9. The molecule has 0 spiro atoms. The van der Waals surface area contributed by atoms with Crippen LogP contribution < -0.4 is 0 Å². The van der Waals surface area contributed by atoms with Crippen LogP contribution in [0.1, 0.15) is 41.0 Å². The highest BCUT2D eigenvalue weighted by atomic mass is 16.6. The standard InChI is InChI=1S/C11H18O4/c1-7(2)8(12)14-11(5)6-10(3,4)15-9(11)13/h7H,6H2,1-5H3. The molecule has 1 rings (SSSR count). The Labute approximate surface area is 89.9 Å². The number of hydrogen-bond donors (Lipinski definition) is 0. The molecule has 1 aliphatic heterocycles. The van der Waals surface area contributed by atoms with Gasteiger partial charge in [-0.3, -0.25) is 4.79 Å². The molecule has 0 aromatic heterocycles. The Hall–Kier alpha value is -1.06. The van der Waals surface area contributed by atoms with E-state index in [9.17, 15) is 9.59 Å². The maximum absolute atomic E-state index is 11.6. The molecular formula is C11H18O4. The first-order valence-electron chi connectivity index (χ1n) is 5.13. The first-order chi connectivity index (χ1) is 6.66. The largest absolute Gasteiger partial charge is 0.457 e. The quantitative estimate of drug-likeness (QED) is 0.656. The summed E-state index contributed by atoms with van der Waals surface area (Å²) < 4.78 is 10.3. The zero-order valence-corrected chi connectivity index (χ0v) is 9.92. The van der Waals surface area contributed by atoms with E-state index in [1.165, 1.54) is 0 Å². The zero-order valence-electron chi connectivity index (χ0n) is 9.92. The van der Waals surface area contributed by atoms with Gasteiger partial charge in [0, 0.05) is 6.42 Å². The lowest BCUT2D eigenvalue weighted by Gasteiger charge is -2.22. The minimum atomic E-state index is -1.12. The van der Waals surface area contributed by atoms with Crippen LogP contribution in [0.5, 0.6) is 0 Å². The molecule has 0 aliphatic carbocycles. The number of cyclic esters (lactones) is 1. The fourth-order valence-electron chi connectivity index (χ4n) is 1.70. The van der Waals surface area contributed by atoms with Crippen LogP contribution >= 0.6 is 0 Å². The van der Waals surface area contributed by atoms with E-state index >= 15 is 0 Å². The number of carbonyl (C=O) groups is 2. The number of esters is 2. The lowest BCUT2D eigenvalue weighted by Crippen LogP contribution is -2.38. The summed E-state index contributed by atoms with van der Waals surface area (Å²) in [5.74, 6) is -1.06. The van der Waals surface area contributed by atoms with Gasteiger partial charge in [-0.15, -0.1) is 0 Å². The van der Waals surface area contributed by atoms with Gasteiger partial charge in [0.25, 0.3) is 0 Å². The normalized spacial score (nSPS) is 29.1. The Kier molecular flexibility index (Phi) is 2.81. The van der Waals surface area contributed by atoms with Crippen LogP contribution in [-0.2, 0) is 19.1 Å². The van der Waals surface area contributed by atoms with Crippen LogP contribution in [0.3, 0.4) is 0 Å². The van der Waals surface area contributed by atoms with Crippen LogP contribution in [0.15, 0.2) is 0 Å². The van der Waals surface area contributed by atoms with Gasteiger partial charge in [-0.05, 0) is 20.8 Å². The highest BCUT2D eigenvalue weighted by Crippen LogP contribution is 2.36. The van der Waals surface area contributed by atoms with Crippen LogP contribution in [0.25, 0.3) is 0 Å². The van der Waals surface area contributed by atoms with E-state index in [1.807, 2.05) is 0 Å². The maximum atomic E-state index is 11.6. The van der Waals surface area contributed by atoms with Crippen molar-refractivity contribution in [3.8, 4) is 0 Å². The van der Waals surface area contributed by atoms with Gasteiger partial charge in [0.15, 0.2) is 0 Å². The molecule has 15 heavy (non-hydrogen) atoms. The van der Waals surface area contributed by atoms with Gasteiger partial charge in [-0.25, -0.2) is 4.79 Å². The molecule has 1 saturated heterocycles. The molecule has 0 bridgehead atoms. The summed E-state index contributed by atoms with van der Waals surface area (Å²) >= 11 is 0. The summed E-state index contributed by atoms with van der Waals surface area (Å²) in [7, 11) is 0. The second kappa shape index (κ2) is 3.51. The van der Waals surface area contributed by atoms with Gasteiger partial charge in [-0.2, -0.15) is 0 Å². The molecular weight excluding hydrogens is 196 g/mol. The Morgan fingerprint density at radius 2 is 1.93 bits per heavy atom. The summed E-state index contributed by atoms with van der Waals surface area (Å²) in [4.78, 5) is 23.0. The average molecular weight is 214 g/mol. The third kappa shape index (κ3) is 2.49. The van der Waals surface area contributed by atoms with E-state index in [0.717, 1.165) is 0 Å². The van der Waals surface area contributed by atoms with E-state index in [1.54, 1.807) is 34.6 Å². The van der Waals surface area contributed by atoms with Crippen molar-refractivity contribution in [3.05, 3.63) is 0 Å². The molecule has 0 aromatic carbocycles. The van der Waals surface area contributed by atoms with Gasteiger partial charge >= 0.3 is 11.9 Å². The Morgan fingerprint density at radius 3 is 2.27 bits per heavy atom. The molecule has 1 aliphatic rings. The fourth-order valence-corrected chi connectivity index (χ4v) is 1.70. The highest BCUT2D eigenvalue weighted by molar-refractivity contribution is 5.85. The van der Waals surface area contributed by atoms with Crippen molar-refractivity contribution in [2.75, 3.05) is 0 Å². The van der Waals surface area contributed by atoms with E-state index in [0.29, 0.717) is 6.42 Å². The minimum absolute atomic E-state index is 0.238. The van der Waals surface area contributed by atoms with Crippen LogP contribution in [0.2, 0.25) is 0 Å². The van der Waals surface area contributed by atoms with Crippen molar-refractivity contribution in [3.63, 3.8) is 0 Å². The van der Waals surface area contributed by atoms with Crippen LogP contribution in [0.4, 0.5) is 0 Å². The predicted octanol–water partition coefficient (Wildman–Crippen LogP) is 1.67. The van der Waals surface area contributed by atoms with Crippen molar-refractivity contribution in [1.29, 1.82) is 0 Å². The highest BCUT2D eigenvalue weighted by Gasteiger charge is 2.52. The van der Waals surface area contributed by atoms with E-state index in [-0.39, 0.29) is 11.9 Å². The molecule has 1 atom stereocenters. The van der Waals surface area contributed by atoms with Crippen LogP contribution in [0, 0.1) is 5.92 Å². The van der Waals surface area contributed by atoms with Gasteiger partial charge in [0.05, 0.1) is 5.92 Å². The Bertz CT molecular complexity index is 293. The van der Waals surface area contributed by atoms with Gasteiger partial charge in [-0.1, -0.05) is 13.8 Å². The fraction of sp³-hybridized carbons (Fsp3) is 0.818. The molecule has 0 amide bonds. The van der Waals surface area contributed by atoms with Crippen molar-refractivity contribution >= 4 is 11.9 Å². The van der Waals surface area contributed by atoms with Gasteiger partial charge in [0.1, 0.15) is 5.60 Å². The molecule has 1 fully saturated rings. The Morgan fingerprint density at radius 1 is 1.40 bits per heavy atom. The first kappa shape index (κ1) is 12.0. The molecule has 0 radical (unpaired) electrons. The molecule has 86 valence electrons. The smallest absolute Gasteiger partial charge is 0.351 e. The summed E-state index contributed by atoms with van der Waals surface area (Å²) in [6.07, 6.45) is 0.400. The van der Waals surface area contributed by atoms with Crippen LogP contribution in [-0.4, -0.2) is 23.1 Å². The van der Waals surface area contributed by atoms with Crippen molar-refractivity contribution in [1.82, 2.24) is 0 Å². The molecule has 0 saturated carbocycles. The first-order valence-corrected chi connectivity index (χ1v) is 5.13.